The van der Waals surface area contributed by atoms with Gasteiger partial charge in [0.2, 0.25) is 0 Å². The molecule has 0 aliphatic carbocycles. The first kappa shape index (κ1) is 29.0. The predicted molar refractivity (Wildman–Crippen MR) is 170 cm³/mol. The lowest BCUT2D eigenvalue weighted by molar-refractivity contribution is 0.0868. The van der Waals surface area contributed by atoms with E-state index in [0.29, 0.717) is 26.4 Å². The van der Waals surface area contributed by atoms with Crippen LogP contribution in [0.25, 0.3) is 0 Å². The van der Waals surface area contributed by atoms with Gasteiger partial charge in [0.1, 0.15) is 13.2 Å². The van der Waals surface area contributed by atoms with Crippen molar-refractivity contribution < 1.29 is 19.0 Å². The Balaban J connectivity index is 1.21. The number of hydrogen-bond donors (Lipinski definition) is 0. The fraction of sp³-hybridized carbons (Fsp3) is 0.324. The number of ether oxygens (including phenoxy) is 3. The lowest BCUT2D eigenvalue weighted by Gasteiger charge is -2.44. The van der Waals surface area contributed by atoms with Crippen molar-refractivity contribution in [2.24, 2.45) is 5.16 Å². The molecule has 0 N–H and O–H groups in total. The predicted octanol–water partition coefficient (Wildman–Crippen LogP) is 7.26. The Morgan fingerprint density at radius 2 is 1.60 bits per heavy atom. The maximum absolute atomic E-state index is 6.37. The van der Waals surface area contributed by atoms with Crippen LogP contribution in [0.15, 0.2) is 102 Å². The smallest absolute Gasteiger partial charge is 0.164 e. The number of benzene rings is 4. The van der Waals surface area contributed by atoms with Gasteiger partial charge in [0.25, 0.3) is 0 Å². The van der Waals surface area contributed by atoms with Crippen LogP contribution in [-0.2, 0) is 29.2 Å². The average molecular weight is 577 g/mol. The minimum Gasteiger partial charge on any atom is -0.493 e. The summed E-state index contributed by atoms with van der Waals surface area (Å²) in [5, 5.41) is 4.80. The van der Waals surface area contributed by atoms with E-state index in [4.69, 9.17) is 24.2 Å². The molecular weight excluding hydrogens is 536 g/mol. The van der Waals surface area contributed by atoms with E-state index in [1.165, 1.54) is 22.3 Å². The van der Waals surface area contributed by atoms with Gasteiger partial charge in [0.05, 0.1) is 26.0 Å². The third-order valence-corrected chi connectivity index (χ3v) is 8.44. The average Bonchev–Trinajstić information content (AvgIpc) is 3.05. The molecule has 0 bridgehead atoms. The van der Waals surface area contributed by atoms with E-state index >= 15 is 0 Å². The Morgan fingerprint density at radius 1 is 0.837 bits per heavy atom. The number of rotatable bonds is 11. The minimum atomic E-state index is 0.184. The highest BCUT2D eigenvalue weighted by Gasteiger charge is 2.39. The van der Waals surface area contributed by atoms with Crippen molar-refractivity contribution in [3.63, 3.8) is 0 Å². The third kappa shape index (κ3) is 6.93. The first-order valence-electron chi connectivity index (χ1n) is 15.2. The molecule has 2 aliphatic rings. The van der Waals surface area contributed by atoms with Crippen LogP contribution in [0.2, 0.25) is 0 Å². The molecule has 4 aromatic carbocycles. The first-order valence-corrected chi connectivity index (χ1v) is 15.2. The second-order valence-corrected chi connectivity index (χ2v) is 11.3. The van der Waals surface area contributed by atoms with E-state index in [9.17, 15) is 0 Å². The Morgan fingerprint density at radius 3 is 2.35 bits per heavy atom. The summed E-state index contributed by atoms with van der Waals surface area (Å²) in [7, 11) is 1.71. The molecule has 2 heterocycles. The number of nitrogens with zero attached hydrogens (tertiary/aromatic N) is 2. The molecule has 6 rings (SSSR count). The van der Waals surface area contributed by atoms with Gasteiger partial charge < -0.3 is 19.0 Å². The van der Waals surface area contributed by atoms with Crippen LogP contribution < -0.4 is 9.47 Å². The molecule has 2 aliphatic heterocycles. The van der Waals surface area contributed by atoms with E-state index < -0.39 is 0 Å². The van der Waals surface area contributed by atoms with Crippen molar-refractivity contribution in [1.82, 2.24) is 4.90 Å². The van der Waals surface area contributed by atoms with Gasteiger partial charge in [0.15, 0.2) is 11.5 Å². The Kier molecular flexibility index (Phi) is 9.36. The van der Waals surface area contributed by atoms with Gasteiger partial charge >= 0.3 is 0 Å². The summed E-state index contributed by atoms with van der Waals surface area (Å²) in [5.74, 6) is 1.79. The van der Waals surface area contributed by atoms with E-state index in [2.05, 4.69) is 66.4 Å². The van der Waals surface area contributed by atoms with Crippen molar-refractivity contribution in [1.29, 1.82) is 0 Å². The molecule has 6 heteroatoms. The molecule has 0 radical (unpaired) electrons. The second-order valence-electron chi connectivity index (χ2n) is 11.3. The Bertz CT molecular complexity index is 1520. The molecule has 0 spiro atoms. The van der Waals surface area contributed by atoms with Gasteiger partial charge in [0, 0.05) is 37.0 Å². The second kappa shape index (κ2) is 13.9. The van der Waals surface area contributed by atoms with Gasteiger partial charge in [-0.05, 0) is 41.7 Å². The van der Waals surface area contributed by atoms with E-state index in [1.54, 1.807) is 7.11 Å². The maximum atomic E-state index is 6.37. The lowest BCUT2D eigenvalue weighted by Crippen LogP contribution is -2.45. The summed E-state index contributed by atoms with van der Waals surface area (Å²) in [6, 6.07) is 33.7. The largest absolute Gasteiger partial charge is 0.493 e. The van der Waals surface area contributed by atoms with Crippen molar-refractivity contribution in [3.05, 3.63) is 130 Å². The van der Waals surface area contributed by atoms with Crippen LogP contribution in [0.1, 0.15) is 51.8 Å². The zero-order valence-electron chi connectivity index (χ0n) is 25.1. The summed E-state index contributed by atoms with van der Waals surface area (Å²) < 4.78 is 18.0. The van der Waals surface area contributed by atoms with Gasteiger partial charge in [-0.15, -0.1) is 0 Å². The molecule has 1 saturated heterocycles. The quantitative estimate of drug-likeness (QED) is 0.139. The fourth-order valence-corrected chi connectivity index (χ4v) is 6.27. The highest BCUT2D eigenvalue weighted by atomic mass is 16.6. The van der Waals surface area contributed by atoms with Crippen LogP contribution in [-0.4, -0.2) is 44.0 Å². The standard InChI is InChI=1S/C37H40N2O4/c1-27-10-9-15-30(22-27)33-24-39-19-18-32-31(35(39)23-34(33)38-43-26-29-13-7-4-8-14-29)16-17-36(40-2)37(32)42-21-20-41-25-28-11-5-3-6-12-28/h3-17,22,33,35H,18-21,23-26H2,1-2H3/t33-,35+/m1/s1. The molecule has 1 fully saturated rings. The van der Waals surface area contributed by atoms with Crippen LogP contribution in [0, 0.1) is 6.92 Å². The summed E-state index contributed by atoms with van der Waals surface area (Å²) in [4.78, 5) is 8.59. The molecular formula is C37H40N2O4. The fourth-order valence-electron chi connectivity index (χ4n) is 6.27. The Labute approximate surface area is 254 Å². The SMILES string of the molecule is COc1ccc2c(c1OCCOCc1ccccc1)CCN1C[C@H](c3cccc(C)c3)C(=NOCc3ccccc3)C[C@@H]21. The molecule has 0 amide bonds. The molecule has 222 valence electrons. The molecule has 0 saturated carbocycles. The first-order chi connectivity index (χ1) is 21.2. The Hall–Kier alpha value is -4.13. The van der Waals surface area contributed by atoms with Gasteiger partial charge in [-0.2, -0.15) is 0 Å². The van der Waals surface area contributed by atoms with Gasteiger partial charge in [-0.1, -0.05) is 102 Å². The lowest BCUT2D eigenvalue weighted by atomic mass is 9.79. The van der Waals surface area contributed by atoms with Crippen molar-refractivity contribution in [3.8, 4) is 11.5 Å². The molecule has 0 unspecified atom stereocenters. The summed E-state index contributed by atoms with van der Waals surface area (Å²) in [6.07, 6.45) is 1.70. The molecule has 43 heavy (non-hydrogen) atoms. The van der Waals surface area contributed by atoms with Gasteiger partial charge in [-0.25, -0.2) is 0 Å². The van der Waals surface area contributed by atoms with Crippen LogP contribution in [0.3, 0.4) is 0 Å². The van der Waals surface area contributed by atoms with Crippen LogP contribution in [0.5, 0.6) is 11.5 Å². The number of piperidine rings is 1. The van der Waals surface area contributed by atoms with Crippen molar-refractivity contribution in [2.75, 3.05) is 33.4 Å². The topological polar surface area (TPSA) is 52.5 Å². The van der Waals surface area contributed by atoms with Crippen LogP contribution >= 0.6 is 0 Å². The number of oxime groups is 1. The zero-order chi connectivity index (χ0) is 29.4. The molecule has 4 aromatic rings. The van der Waals surface area contributed by atoms with Crippen molar-refractivity contribution >= 4 is 5.71 Å². The highest BCUT2D eigenvalue weighted by Crippen LogP contribution is 2.45. The summed E-state index contributed by atoms with van der Waals surface area (Å²) in [5.41, 5.74) is 8.41. The number of methoxy groups -OCH3 is 1. The minimum absolute atomic E-state index is 0.184. The summed E-state index contributed by atoms with van der Waals surface area (Å²) >= 11 is 0. The van der Waals surface area contributed by atoms with Crippen LogP contribution in [0.4, 0.5) is 0 Å². The molecule has 0 aromatic heterocycles. The number of aryl methyl sites for hydroxylation is 1. The molecule has 6 nitrogen and oxygen atoms in total. The molecule has 2 atom stereocenters. The van der Waals surface area contributed by atoms with E-state index in [1.807, 2.05) is 42.5 Å². The van der Waals surface area contributed by atoms with Gasteiger partial charge in [-0.3, -0.25) is 4.90 Å². The highest BCUT2D eigenvalue weighted by molar-refractivity contribution is 5.92. The van der Waals surface area contributed by atoms with Crippen molar-refractivity contribution in [2.45, 2.75) is 44.9 Å². The third-order valence-electron chi connectivity index (χ3n) is 8.44. The maximum Gasteiger partial charge on any atom is 0.164 e. The summed E-state index contributed by atoms with van der Waals surface area (Å²) in [6.45, 7) is 5.99. The zero-order valence-corrected chi connectivity index (χ0v) is 25.1. The monoisotopic (exact) mass is 576 g/mol. The van der Waals surface area contributed by atoms with E-state index in [-0.39, 0.29) is 12.0 Å². The normalized spacial score (nSPS) is 19.0. The number of hydrogen-bond acceptors (Lipinski definition) is 6. The number of fused-ring (bicyclic) bond motifs is 3. The van der Waals surface area contributed by atoms with E-state index in [0.717, 1.165) is 54.3 Å².